The van der Waals surface area contributed by atoms with Crippen LogP contribution in [0, 0.1) is 6.92 Å². The molecule has 1 rings (SSSR count). The summed E-state index contributed by atoms with van der Waals surface area (Å²) < 4.78 is 0. The molecule has 0 bridgehead atoms. The lowest BCUT2D eigenvalue weighted by Crippen LogP contribution is -2.27. The minimum absolute atomic E-state index is 0.652. The largest absolute Gasteiger partial charge is 0.313 e. The first-order valence-corrected chi connectivity index (χ1v) is 7.25. The van der Waals surface area contributed by atoms with Crippen molar-refractivity contribution in [2.75, 3.05) is 12.3 Å². The Kier molecular flexibility index (Phi) is 6.58. The molecule has 0 aromatic heterocycles. The van der Waals surface area contributed by atoms with Gasteiger partial charge >= 0.3 is 0 Å². The molecule has 1 aromatic rings. The van der Waals surface area contributed by atoms with Crippen molar-refractivity contribution in [2.24, 2.45) is 0 Å². The molecule has 0 heterocycles. The van der Waals surface area contributed by atoms with Gasteiger partial charge in [-0.3, -0.25) is 0 Å². The van der Waals surface area contributed by atoms with E-state index in [2.05, 4.69) is 50.4 Å². The SMILES string of the molecule is CCC(C)NCCSCc1ccccc1C. The van der Waals surface area contributed by atoms with Gasteiger partial charge in [0.1, 0.15) is 0 Å². The number of hydrogen-bond acceptors (Lipinski definition) is 2. The molecule has 0 aliphatic rings. The van der Waals surface area contributed by atoms with Crippen molar-refractivity contribution in [1.29, 1.82) is 0 Å². The Balaban J connectivity index is 2.14. The summed E-state index contributed by atoms with van der Waals surface area (Å²) in [5, 5.41) is 3.51. The van der Waals surface area contributed by atoms with Crippen LogP contribution in [0.5, 0.6) is 0 Å². The van der Waals surface area contributed by atoms with E-state index in [0.717, 1.165) is 12.3 Å². The highest BCUT2D eigenvalue weighted by molar-refractivity contribution is 7.98. The van der Waals surface area contributed by atoms with Crippen LogP contribution in [-0.4, -0.2) is 18.3 Å². The minimum Gasteiger partial charge on any atom is -0.313 e. The Hall–Kier alpha value is -0.470. The van der Waals surface area contributed by atoms with E-state index >= 15 is 0 Å². The van der Waals surface area contributed by atoms with Crippen LogP contribution in [0.2, 0.25) is 0 Å². The van der Waals surface area contributed by atoms with Crippen LogP contribution in [0.3, 0.4) is 0 Å². The maximum atomic E-state index is 3.51. The zero-order chi connectivity index (χ0) is 11.8. The van der Waals surface area contributed by atoms with E-state index in [4.69, 9.17) is 0 Å². The van der Waals surface area contributed by atoms with E-state index in [0.29, 0.717) is 6.04 Å². The molecular weight excluding hydrogens is 214 g/mol. The van der Waals surface area contributed by atoms with Gasteiger partial charge in [0.2, 0.25) is 0 Å². The molecule has 0 fully saturated rings. The zero-order valence-corrected chi connectivity index (χ0v) is 11.4. The molecule has 0 radical (unpaired) electrons. The summed E-state index contributed by atoms with van der Waals surface area (Å²) >= 11 is 2.01. The number of rotatable bonds is 7. The molecule has 16 heavy (non-hydrogen) atoms. The molecule has 1 nitrogen and oxygen atoms in total. The van der Waals surface area contributed by atoms with E-state index < -0.39 is 0 Å². The normalized spacial score (nSPS) is 12.7. The standard InChI is InChI=1S/C14H23NS/c1-4-13(3)15-9-10-16-11-14-8-6-5-7-12(14)2/h5-8,13,15H,4,9-11H2,1-3H3. The number of benzene rings is 1. The number of hydrogen-bond donors (Lipinski definition) is 1. The van der Waals surface area contributed by atoms with Gasteiger partial charge in [-0.15, -0.1) is 0 Å². The van der Waals surface area contributed by atoms with Gasteiger partial charge in [0, 0.05) is 24.1 Å². The smallest absolute Gasteiger partial charge is 0.0187 e. The molecule has 2 heteroatoms. The summed E-state index contributed by atoms with van der Waals surface area (Å²) in [6, 6.07) is 9.30. The van der Waals surface area contributed by atoms with Crippen LogP contribution in [0.4, 0.5) is 0 Å². The predicted octanol–water partition coefficient (Wildman–Crippen LogP) is 3.62. The van der Waals surface area contributed by atoms with E-state index in [1.54, 1.807) is 0 Å². The molecule has 1 unspecified atom stereocenters. The summed E-state index contributed by atoms with van der Waals surface area (Å²) in [7, 11) is 0. The Morgan fingerprint density at radius 2 is 2.06 bits per heavy atom. The van der Waals surface area contributed by atoms with Gasteiger partial charge in [-0.25, -0.2) is 0 Å². The van der Waals surface area contributed by atoms with Gasteiger partial charge in [-0.05, 0) is 31.4 Å². The van der Waals surface area contributed by atoms with Gasteiger partial charge in [0.15, 0.2) is 0 Å². The van der Waals surface area contributed by atoms with Gasteiger partial charge in [0.25, 0.3) is 0 Å². The van der Waals surface area contributed by atoms with Gasteiger partial charge in [-0.2, -0.15) is 11.8 Å². The van der Waals surface area contributed by atoms with Crippen LogP contribution in [-0.2, 0) is 5.75 Å². The zero-order valence-electron chi connectivity index (χ0n) is 10.6. The first-order valence-electron chi connectivity index (χ1n) is 6.09. The summed E-state index contributed by atoms with van der Waals surface area (Å²) in [5.41, 5.74) is 2.88. The first-order chi connectivity index (χ1) is 7.74. The van der Waals surface area contributed by atoms with Crippen LogP contribution >= 0.6 is 11.8 Å². The van der Waals surface area contributed by atoms with Crippen LogP contribution in [0.1, 0.15) is 31.4 Å². The lowest BCUT2D eigenvalue weighted by atomic mass is 10.1. The third kappa shape index (κ3) is 5.04. The summed E-state index contributed by atoms with van der Waals surface area (Å²) in [4.78, 5) is 0. The minimum atomic E-state index is 0.652. The lowest BCUT2D eigenvalue weighted by molar-refractivity contribution is 0.555. The average Bonchev–Trinajstić information content (AvgIpc) is 2.30. The molecule has 0 amide bonds. The fourth-order valence-corrected chi connectivity index (χ4v) is 2.43. The molecule has 0 saturated heterocycles. The second-order valence-corrected chi connectivity index (χ2v) is 5.35. The van der Waals surface area contributed by atoms with Crippen molar-refractivity contribution < 1.29 is 0 Å². The van der Waals surface area contributed by atoms with Crippen LogP contribution in [0.25, 0.3) is 0 Å². The number of nitrogens with one attached hydrogen (secondary N) is 1. The van der Waals surface area contributed by atoms with Crippen molar-refractivity contribution >= 4 is 11.8 Å². The summed E-state index contributed by atoms with van der Waals surface area (Å²) in [6.45, 7) is 7.77. The molecule has 1 N–H and O–H groups in total. The molecule has 0 aliphatic heterocycles. The fourth-order valence-electron chi connectivity index (χ4n) is 1.48. The fraction of sp³-hybridized carbons (Fsp3) is 0.571. The summed E-state index contributed by atoms with van der Waals surface area (Å²) in [5.74, 6) is 2.33. The topological polar surface area (TPSA) is 12.0 Å². The van der Waals surface area contributed by atoms with Gasteiger partial charge < -0.3 is 5.32 Å². The Bertz CT molecular complexity index is 299. The highest BCUT2D eigenvalue weighted by Crippen LogP contribution is 2.15. The molecule has 1 atom stereocenters. The Morgan fingerprint density at radius 1 is 1.31 bits per heavy atom. The van der Waals surface area contributed by atoms with Crippen LogP contribution in [0.15, 0.2) is 24.3 Å². The second-order valence-electron chi connectivity index (χ2n) is 4.24. The molecule has 0 aliphatic carbocycles. The van der Waals surface area contributed by atoms with Crippen molar-refractivity contribution in [3.05, 3.63) is 35.4 Å². The third-order valence-electron chi connectivity index (χ3n) is 2.87. The van der Waals surface area contributed by atoms with E-state index in [-0.39, 0.29) is 0 Å². The number of thioether (sulfide) groups is 1. The highest BCUT2D eigenvalue weighted by Gasteiger charge is 1.98. The third-order valence-corrected chi connectivity index (χ3v) is 3.88. The van der Waals surface area contributed by atoms with Crippen molar-refractivity contribution in [3.8, 4) is 0 Å². The predicted molar refractivity (Wildman–Crippen MR) is 75.1 cm³/mol. The molecule has 0 saturated carbocycles. The van der Waals surface area contributed by atoms with E-state index in [1.807, 2.05) is 11.8 Å². The van der Waals surface area contributed by atoms with Crippen LogP contribution < -0.4 is 5.32 Å². The van der Waals surface area contributed by atoms with Gasteiger partial charge in [-0.1, -0.05) is 31.2 Å². The maximum absolute atomic E-state index is 3.51. The van der Waals surface area contributed by atoms with Crippen molar-refractivity contribution in [3.63, 3.8) is 0 Å². The molecule has 1 aromatic carbocycles. The molecule has 90 valence electrons. The average molecular weight is 237 g/mol. The maximum Gasteiger partial charge on any atom is 0.0187 e. The van der Waals surface area contributed by atoms with Crippen molar-refractivity contribution in [1.82, 2.24) is 5.32 Å². The monoisotopic (exact) mass is 237 g/mol. The highest BCUT2D eigenvalue weighted by atomic mass is 32.2. The molecular formula is C14H23NS. The second kappa shape index (κ2) is 7.75. The van der Waals surface area contributed by atoms with Gasteiger partial charge in [0.05, 0.1) is 0 Å². The quantitative estimate of drug-likeness (QED) is 0.727. The lowest BCUT2D eigenvalue weighted by Gasteiger charge is -2.11. The Labute approximate surface area is 104 Å². The number of aryl methyl sites for hydroxylation is 1. The summed E-state index contributed by atoms with van der Waals surface area (Å²) in [6.07, 6.45) is 1.21. The van der Waals surface area contributed by atoms with E-state index in [9.17, 15) is 0 Å². The molecule has 0 spiro atoms. The van der Waals surface area contributed by atoms with E-state index in [1.165, 1.54) is 23.3 Å². The van der Waals surface area contributed by atoms with Crippen molar-refractivity contribution in [2.45, 2.75) is 39.0 Å². The first kappa shape index (κ1) is 13.6. The Morgan fingerprint density at radius 3 is 2.75 bits per heavy atom.